The van der Waals surface area contributed by atoms with Crippen molar-refractivity contribution in [1.29, 1.82) is 0 Å². The zero-order valence-electron chi connectivity index (χ0n) is 11.6. The lowest BCUT2D eigenvalue weighted by molar-refractivity contribution is -0.134. The normalized spacial score (nSPS) is 22.4. The van der Waals surface area contributed by atoms with Crippen molar-refractivity contribution >= 4 is 17.5 Å². The maximum atomic E-state index is 13.9. The monoisotopic (exact) mass is 300 g/mol. The number of anilines is 1. The number of hydrogen-bond acceptors (Lipinski definition) is 2. The van der Waals surface area contributed by atoms with Gasteiger partial charge >= 0.3 is 0 Å². The van der Waals surface area contributed by atoms with Crippen LogP contribution in [0.5, 0.6) is 0 Å². The Hall–Kier alpha value is -2.05. The molecule has 2 atom stereocenters. The van der Waals surface area contributed by atoms with Crippen molar-refractivity contribution in [3.63, 3.8) is 0 Å². The van der Waals surface area contributed by atoms with Gasteiger partial charge < -0.3 is 5.32 Å². The number of carbonyl (C=O) groups is 2. The van der Waals surface area contributed by atoms with Crippen LogP contribution in [0, 0.1) is 17.5 Å². The molecule has 1 aromatic carbocycles. The fourth-order valence-corrected chi connectivity index (χ4v) is 2.40. The van der Waals surface area contributed by atoms with E-state index in [1.54, 1.807) is 13.8 Å². The summed E-state index contributed by atoms with van der Waals surface area (Å²) < 4.78 is 40.4. The second-order valence-electron chi connectivity index (χ2n) is 4.80. The van der Waals surface area contributed by atoms with E-state index in [4.69, 9.17) is 0 Å². The van der Waals surface area contributed by atoms with E-state index in [9.17, 15) is 22.8 Å². The Bertz CT molecular complexity index is 592. The van der Waals surface area contributed by atoms with Gasteiger partial charge in [0.15, 0.2) is 17.5 Å². The molecule has 0 aliphatic carbocycles. The highest BCUT2D eigenvalue weighted by Gasteiger charge is 2.41. The molecule has 2 rings (SSSR count). The zero-order chi connectivity index (χ0) is 15.7. The molecular weight excluding hydrogens is 285 g/mol. The van der Waals surface area contributed by atoms with Crippen molar-refractivity contribution in [2.75, 3.05) is 4.90 Å². The molecule has 0 radical (unpaired) electrons. The highest BCUT2D eigenvalue weighted by Crippen LogP contribution is 2.29. The van der Waals surface area contributed by atoms with Crippen LogP contribution in [0.3, 0.4) is 0 Å². The number of nitrogens with zero attached hydrogens (tertiary/aromatic N) is 1. The minimum atomic E-state index is -1.66. The molecule has 1 aliphatic heterocycles. The number of hydrogen-bond donors (Lipinski definition) is 1. The number of benzene rings is 1. The van der Waals surface area contributed by atoms with Gasteiger partial charge in [-0.15, -0.1) is 0 Å². The summed E-state index contributed by atoms with van der Waals surface area (Å²) >= 11 is 0. The topological polar surface area (TPSA) is 49.4 Å². The minimum absolute atomic E-state index is 0.229. The first-order valence-corrected chi connectivity index (χ1v) is 6.69. The standard InChI is InChI=1S/C14H15F3N2O2/c1-3-8-14(21)19(9(4-2)13(20)18-8)10-6-5-7(15)11(16)12(10)17/h5-6,8-9H,3-4H2,1-2H3,(H,18,20). The molecule has 0 saturated carbocycles. The predicted molar refractivity (Wildman–Crippen MR) is 70.1 cm³/mol. The number of amides is 2. The van der Waals surface area contributed by atoms with E-state index in [0.717, 1.165) is 17.0 Å². The van der Waals surface area contributed by atoms with Gasteiger partial charge in [-0.2, -0.15) is 0 Å². The average molecular weight is 300 g/mol. The summed E-state index contributed by atoms with van der Waals surface area (Å²) in [5.41, 5.74) is -0.418. The van der Waals surface area contributed by atoms with Crippen LogP contribution in [0.2, 0.25) is 0 Å². The van der Waals surface area contributed by atoms with E-state index in [1.165, 1.54) is 0 Å². The molecule has 0 aromatic heterocycles. The van der Waals surface area contributed by atoms with Crippen LogP contribution in [0.4, 0.5) is 18.9 Å². The molecule has 1 heterocycles. The Morgan fingerprint density at radius 3 is 2.33 bits per heavy atom. The van der Waals surface area contributed by atoms with Crippen LogP contribution >= 0.6 is 0 Å². The number of rotatable bonds is 3. The molecule has 4 nitrogen and oxygen atoms in total. The second kappa shape index (κ2) is 5.75. The van der Waals surface area contributed by atoms with Crippen LogP contribution in [0.15, 0.2) is 12.1 Å². The zero-order valence-corrected chi connectivity index (χ0v) is 11.6. The fourth-order valence-electron chi connectivity index (χ4n) is 2.40. The molecule has 2 unspecified atom stereocenters. The first-order valence-electron chi connectivity index (χ1n) is 6.69. The Morgan fingerprint density at radius 2 is 1.76 bits per heavy atom. The van der Waals surface area contributed by atoms with Gasteiger partial charge in [-0.05, 0) is 25.0 Å². The summed E-state index contributed by atoms with van der Waals surface area (Å²) in [6.45, 7) is 3.34. The fraction of sp³-hybridized carbons (Fsp3) is 0.429. The van der Waals surface area contributed by atoms with Crippen LogP contribution in [0.1, 0.15) is 26.7 Å². The van der Waals surface area contributed by atoms with Crippen LogP contribution in [0.25, 0.3) is 0 Å². The third kappa shape index (κ3) is 2.48. The molecule has 7 heteroatoms. The molecule has 1 aromatic rings. The lowest BCUT2D eigenvalue weighted by atomic mass is 10.0. The van der Waals surface area contributed by atoms with E-state index in [2.05, 4.69) is 5.32 Å². The van der Waals surface area contributed by atoms with Crippen molar-refractivity contribution < 1.29 is 22.8 Å². The lowest BCUT2D eigenvalue weighted by Gasteiger charge is -2.38. The van der Waals surface area contributed by atoms with Crippen molar-refractivity contribution in [2.45, 2.75) is 38.8 Å². The Kier molecular flexibility index (Phi) is 4.20. The number of piperazine rings is 1. The predicted octanol–water partition coefficient (Wildman–Crippen LogP) is 2.12. The molecular formula is C14H15F3N2O2. The third-order valence-electron chi connectivity index (χ3n) is 3.54. The van der Waals surface area contributed by atoms with E-state index in [1.807, 2.05) is 0 Å². The maximum absolute atomic E-state index is 13.9. The van der Waals surface area contributed by atoms with E-state index in [0.29, 0.717) is 6.42 Å². The van der Waals surface area contributed by atoms with Gasteiger partial charge in [0.1, 0.15) is 12.1 Å². The van der Waals surface area contributed by atoms with E-state index >= 15 is 0 Å². The number of halogens is 3. The highest BCUT2D eigenvalue weighted by atomic mass is 19.2. The number of nitrogens with one attached hydrogen (secondary N) is 1. The molecule has 0 bridgehead atoms. The third-order valence-corrected chi connectivity index (χ3v) is 3.54. The summed E-state index contributed by atoms with van der Waals surface area (Å²) in [7, 11) is 0. The van der Waals surface area contributed by atoms with Crippen LogP contribution in [-0.2, 0) is 9.59 Å². The van der Waals surface area contributed by atoms with E-state index in [-0.39, 0.29) is 6.42 Å². The molecule has 2 amide bonds. The van der Waals surface area contributed by atoms with Gasteiger partial charge in [-0.3, -0.25) is 14.5 Å². The lowest BCUT2D eigenvalue weighted by Crippen LogP contribution is -2.63. The molecule has 21 heavy (non-hydrogen) atoms. The second-order valence-corrected chi connectivity index (χ2v) is 4.80. The first kappa shape index (κ1) is 15.3. The SMILES string of the molecule is CCC1NC(=O)C(CC)N(c2ccc(F)c(F)c2F)C1=O. The Balaban J connectivity index is 2.54. The Labute approximate surface area is 119 Å². The van der Waals surface area contributed by atoms with Gasteiger partial charge in [-0.25, -0.2) is 13.2 Å². The minimum Gasteiger partial charge on any atom is -0.342 e. The Morgan fingerprint density at radius 1 is 1.10 bits per heavy atom. The van der Waals surface area contributed by atoms with Gasteiger partial charge in [0.05, 0.1) is 5.69 Å². The summed E-state index contributed by atoms with van der Waals surface area (Å²) in [6.07, 6.45) is 0.551. The first-order chi connectivity index (χ1) is 9.92. The largest absolute Gasteiger partial charge is 0.342 e. The molecule has 1 aliphatic rings. The van der Waals surface area contributed by atoms with Gasteiger partial charge in [0.2, 0.25) is 11.8 Å². The maximum Gasteiger partial charge on any atom is 0.250 e. The van der Waals surface area contributed by atoms with Gasteiger partial charge in [-0.1, -0.05) is 13.8 Å². The molecule has 0 spiro atoms. The summed E-state index contributed by atoms with van der Waals surface area (Å²) in [4.78, 5) is 25.3. The van der Waals surface area contributed by atoms with Gasteiger partial charge in [0.25, 0.3) is 0 Å². The van der Waals surface area contributed by atoms with Crippen LogP contribution in [-0.4, -0.2) is 23.9 Å². The number of carbonyl (C=O) groups excluding carboxylic acids is 2. The van der Waals surface area contributed by atoms with Crippen LogP contribution < -0.4 is 10.2 Å². The van der Waals surface area contributed by atoms with E-state index < -0.39 is 47.0 Å². The molecule has 1 fully saturated rings. The smallest absolute Gasteiger partial charge is 0.250 e. The molecule has 1 saturated heterocycles. The molecule has 1 N–H and O–H groups in total. The van der Waals surface area contributed by atoms with Crippen molar-refractivity contribution in [1.82, 2.24) is 5.32 Å². The quantitative estimate of drug-likeness (QED) is 0.869. The van der Waals surface area contributed by atoms with Crippen molar-refractivity contribution in [3.8, 4) is 0 Å². The highest BCUT2D eigenvalue weighted by molar-refractivity contribution is 6.08. The summed E-state index contributed by atoms with van der Waals surface area (Å²) in [6, 6.07) is -0.0339. The van der Waals surface area contributed by atoms with Crippen molar-refractivity contribution in [2.24, 2.45) is 0 Å². The van der Waals surface area contributed by atoms with Gasteiger partial charge in [0, 0.05) is 0 Å². The average Bonchev–Trinajstić information content (AvgIpc) is 2.47. The van der Waals surface area contributed by atoms with Crippen molar-refractivity contribution in [3.05, 3.63) is 29.6 Å². The summed E-state index contributed by atoms with van der Waals surface area (Å²) in [5.74, 6) is -5.44. The molecule has 114 valence electrons. The summed E-state index contributed by atoms with van der Waals surface area (Å²) in [5, 5.41) is 2.54.